The molecule has 9 nitrogen and oxygen atoms in total. The van der Waals surface area contributed by atoms with Crippen molar-refractivity contribution in [1.82, 2.24) is 19.4 Å². The van der Waals surface area contributed by atoms with Crippen LogP contribution in [0.25, 0.3) is 0 Å². The fraction of sp³-hybridized carbons (Fsp3) is 0.750. The summed E-state index contributed by atoms with van der Waals surface area (Å²) >= 11 is 0. The van der Waals surface area contributed by atoms with Gasteiger partial charge in [-0.05, 0) is 33.1 Å². The Morgan fingerprint density at radius 2 is 1.89 bits per heavy atom. The molecule has 152 valence electrons. The van der Waals surface area contributed by atoms with Gasteiger partial charge in [0.15, 0.2) is 9.84 Å². The lowest BCUT2D eigenvalue weighted by atomic mass is 10.2. The molecule has 0 aromatic carbocycles. The lowest BCUT2D eigenvalue weighted by Crippen LogP contribution is -2.38. The standard InChI is InChI=1S/C16H26N4O5S2/c1-12-16(27(24,25)19-7-4-3-5-8-19)13(2)20(18-12)10-15(21)17-14-6-9-26(22,23)11-14/h14H,3-11H2,1-2H3,(H,17,21). The molecule has 2 aliphatic heterocycles. The number of hydrogen-bond acceptors (Lipinski definition) is 6. The second-order valence-corrected chi connectivity index (χ2v) is 11.4. The summed E-state index contributed by atoms with van der Waals surface area (Å²) in [5.41, 5.74) is 0.793. The Kier molecular flexibility index (Phi) is 5.64. The van der Waals surface area contributed by atoms with E-state index in [-0.39, 0.29) is 28.9 Å². The monoisotopic (exact) mass is 418 g/mol. The first-order valence-corrected chi connectivity index (χ1v) is 12.4. The van der Waals surface area contributed by atoms with Crippen molar-refractivity contribution in [3.63, 3.8) is 0 Å². The van der Waals surface area contributed by atoms with Gasteiger partial charge in [0.2, 0.25) is 15.9 Å². The van der Waals surface area contributed by atoms with Crippen LogP contribution in [-0.2, 0) is 31.2 Å². The zero-order chi connectivity index (χ0) is 19.8. The normalized spacial score (nSPS) is 23.4. The van der Waals surface area contributed by atoms with E-state index < -0.39 is 25.9 Å². The smallest absolute Gasteiger partial charge is 0.246 e. The molecule has 0 radical (unpaired) electrons. The van der Waals surface area contributed by atoms with E-state index in [4.69, 9.17) is 0 Å². The van der Waals surface area contributed by atoms with Gasteiger partial charge in [-0.15, -0.1) is 0 Å². The molecule has 1 aromatic rings. The topological polar surface area (TPSA) is 118 Å². The maximum absolute atomic E-state index is 13.0. The van der Waals surface area contributed by atoms with E-state index in [0.717, 1.165) is 19.3 Å². The average molecular weight is 419 g/mol. The quantitative estimate of drug-likeness (QED) is 0.718. The summed E-state index contributed by atoms with van der Waals surface area (Å²) in [7, 11) is -6.72. The van der Waals surface area contributed by atoms with Gasteiger partial charge in [-0.3, -0.25) is 9.48 Å². The molecule has 3 rings (SSSR count). The third-order valence-electron chi connectivity index (χ3n) is 5.12. The summed E-state index contributed by atoms with van der Waals surface area (Å²) in [6.07, 6.45) is 3.12. The molecule has 2 fully saturated rings. The SMILES string of the molecule is Cc1nn(CC(=O)NC2CCS(=O)(=O)C2)c(C)c1S(=O)(=O)N1CCCCC1. The number of amides is 1. The molecule has 1 aromatic heterocycles. The van der Waals surface area contributed by atoms with Gasteiger partial charge in [0, 0.05) is 19.1 Å². The number of hydrogen-bond donors (Lipinski definition) is 1. The number of piperidine rings is 1. The van der Waals surface area contributed by atoms with E-state index in [0.29, 0.717) is 30.9 Å². The number of aromatic nitrogens is 2. The fourth-order valence-corrected chi connectivity index (χ4v) is 7.32. The molecule has 2 aliphatic rings. The molecular weight excluding hydrogens is 392 g/mol. The highest BCUT2D eigenvalue weighted by Crippen LogP contribution is 2.26. The van der Waals surface area contributed by atoms with Crippen molar-refractivity contribution in [2.45, 2.75) is 57.0 Å². The van der Waals surface area contributed by atoms with Gasteiger partial charge in [0.1, 0.15) is 11.4 Å². The second-order valence-electron chi connectivity index (χ2n) is 7.29. The fourth-order valence-electron chi connectivity index (χ4n) is 3.76. The molecular formula is C16H26N4O5S2. The highest BCUT2D eigenvalue weighted by molar-refractivity contribution is 7.91. The Morgan fingerprint density at radius 1 is 1.22 bits per heavy atom. The Morgan fingerprint density at radius 3 is 2.48 bits per heavy atom. The third-order valence-corrected chi connectivity index (χ3v) is 9.04. The van der Waals surface area contributed by atoms with Crippen LogP contribution < -0.4 is 5.32 Å². The summed E-state index contributed by atoms with van der Waals surface area (Å²) in [5, 5.41) is 6.95. The summed E-state index contributed by atoms with van der Waals surface area (Å²) in [4.78, 5) is 12.4. The molecule has 11 heteroatoms. The van der Waals surface area contributed by atoms with Crippen LogP contribution in [-0.4, -0.2) is 67.5 Å². The minimum Gasteiger partial charge on any atom is -0.351 e. The molecule has 1 unspecified atom stereocenters. The van der Waals surface area contributed by atoms with Crippen molar-refractivity contribution in [3.8, 4) is 0 Å². The van der Waals surface area contributed by atoms with Gasteiger partial charge in [0.05, 0.1) is 22.9 Å². The van der Waals surface area contributed by atoms with Crippen LogP contribution in [0.4, 0.5) is 0 Å². The number of nitrogens with zero attached hydrogens (tertiary/aromatic N) is 3. The predicted molar refractivity (Wildman–Crippen MR) is 99.5 cm³/mol. The highest BCUT2D eigenvalue weighted by atomic mass is 32.2. The molecule has 27 heavy (non-hydrogen) atoms. The van der Waals surface area contributed by atoms with Crippen LogP contribution in [0.5, 0.6) is 0 Å². The third kappa shape index (κ3) is 4.35. The van der Waals surface area contributed by atoms with E-state index >= 15 is 0 Å². The first-order chi connectivity index (χ1) is 12.6. The molecule has 0 bridgehead atoms. The van der Waals surface area contributed by atoms with Gasteiger partial charge in [-0.25, -0.2) is 16.8 Å². The zero-order valence-corrected chi connectivity index (χ0v) is 17.3. The zero-order valence-electron chi connectivity index (χ0n) is 15.6. The molecule has 3 heterocycles. The molecule has 0 spiro atoms. The predicted octanol–water partition coefficient (Wildman–Crippen LogP) is -0.0222. The van der Waals surface area contributed by atoms with Crippen LogP contribution in [0.15, 0.2) is 4.90 Å². The van der Waals surface area contributed by atoms with Crippen molar-refractivity contribution in [1.29, 1.82) is 0 Å². The molecule has 2 saturated heterocycles. The van der Waals surface area contributed by atoms with E-state index in [1.54, 1.807) is 13.8 Å². The van der Waals surface area contributed by atoms with Crippen molar-refractivity contribution in [2.75, 3.05) is 24.6 Å². The van der Waals surface area contributed by atoms with Crippen molar-refractivity contribution >= 4 is 25.8 Å². The van der Waals surface area contributed by atoms with Gasteiger partial charge in [-0.2, -0.15) is 9.40 Å². The second kappa shape index (κ2) is 7.51. The first kappa shape index (κ1) is 20.3. The number of carbonyl (C=O) groups is 1. The largest absolute Gasteiger partial charge is 0.351 e. The molecule has 0 aliphatic carbocycles. The number of carbonyl (C=O) groups excluding carboxylic acids is 1. The Bertz CT molecular complexity index is 930. The van der Waals surface area contributed by atoms with Gasteiger partial charge in [-0.1, -0.05) is 6.42 Å². The Balaban J connectivity index is 1.74. The maximum atomic E-state index is 13.0. The summed E-state index contributed by atoms with van der Waals surface area (Å²) < 4.78 is 51.8. The lowest BCUT2D eigenvalue weighted by molar-refractivity contribution is -0.122. The van der Waals surface area contributed by atoms with Crippen molar-refractivity contribution in [3.05, 3.63) is 11.4 Å². The molecule has 1 N–H and O–H groups in total. The summed E-state index contributed by atoms with van der Waals surface area (Å²) in [5.74, 6) is -0.342. The molecule has 1 atom stereocenters. The van der Waals surface area contributed by atoms with Crippen LogP contribution in [0.3, 0.4) is 0 Å². The summed E-state index contributed by atoms with van der Waals surface area (Å²) in [6.45, 7) is 4.14. The van der Waals surface area contributed by atoms with Crippen LogP contribution >= 0.6 is 0 Å². The van der Waals surface area contributed by atoms with E-state index in [2.05, 4.69) is 10.4 Å². The van der Waals surface area contributed by atoms with Crippen LogP contribution in [0, 0.1) is 13.8 Å². The van der Waals surface area contributed by atoms with Crippen molar-refractivity contribution in [2.24, 2.45) is 0 Å². The Labute approximate surface area is 160 Å². The highest BCUT2D eigenvalue weighted by Gasteiger charge is 2.33. The van der Waals surface area contributed by atoms with E-state index in [1.807, 2.05) is 0 Å². The van der Waals surface area contributed by atoms with E-state index in [1.165, 1.54) is 8.99 Å². The van der Waals surface area contributed by atoms with Crippen molar-refractivity contribution < 1.29 is 21.6 Å². The van der Waals surface area contributed by atoms with Gasteiger partial charge >= 0.3 is 0 Å². The number of rotatable bonds is 5. The molecule has 1 amide bonds. The van der Waals surface area contributed by atoms with E-state index in [9.17, 15) is 21.6 Å². The summed E-state index contributed by atoms with van der Waals surface area (Å²) in [6, 6.07) is -0.393. The van der Waals surface area contributed by atoms with Crippen LogP contribution in [0.1, 0.15) is 37.1 Å². The number of nitrogens with one attached hydrogen (secondary N) is 1. The van der Waals surface area contributed by atoms with Crippen LogP contribution in [0.2, 0.25) is 0 Å². The number of aryl methyl sites for hydroxylation is 1. The minimum absolute atomic E-state index is 0.0511. The minimum atomic E-state index is -3.64. The first-order valence-electron chi connectivity index (χ1n) is 9.14. The van der Waals surface area contributed by atoms with Gasteiger partial charge in [0.25, 0.3) is 0 Å². The van der Waals surface area contributed by atoms with Gasteiger partial charge < -0.3 is 5.32 Å². The molecule has 0 saturated carbocycles. The Hall–Kier alpha value is -1.46. The maximum Gasteiger partial charge on any atom is 0.246 e. The average Bonchev–Trinajstić information content (AvgIpc) is 3.06. The lowest BCUT2D eigenvalue weighted by Gasteiger charge is -2.26. The number of sulfone groups is 1. The number of sulfonamides is 1.